The van der Waals surface area contributed by atoms with Crippen molar-refractivity contribution in [3.63, 3.8) is 0 Å². The van der Waals surface area contributed by atoms with Crippen molar-refractivity contribution < 1.29 is 9.90 Å². The fourth-order valence-corrected chi connectivity index (χ4v) is 2.58. The Kier molecular flexibility index (Phi) is 5.13. The second-order valence-corrected chi connectivity index (χ2v) is 5.32. The quantitative estimate of drug-likeness (QED) is 0.861. The molecule has 0 aliphatic carbocycles. The van der Waals surface area contributed by atoms with Gasteiger partial charge in [-0.05, 0) is 23.6 Å². The zero-order valence-corrected chi connectivity index (χ0v) is 12.5. The van der Waals surface area contributed by atoms with E-state index in [4.69, 9.17) is 0 Å². The molecule has 0 aromatic heterocycles. The fourth-order valence-electron chi connectivity index (χ4n) is 2.02. The minimum atomic E-state index is -0.811. The first-order valence-electron chi connectivity index (χ1n) is 6.37. The molecule has 2 nitrogen and oxygen atoms in total. The van der Waals surface area contributed by atoms with E-state index in [0.717, 1.165) is 15.6 Å². The normalized spacial score (nSPS) is 12.4. The number of rotatable bonds is 5. The molecule has 1 unspecified atom stereocenters. The van der Waals surface area contributed by atoms with Crippen LogP contribution in [0.1, 0.15) is 23.5 Å². The first kappa shape index (κ1) is 14.5. The van der Waals surface area contributed by atoms with Gasteiger partial charge in [0.05, 0.1) is 5.92 Å². The lowest BCUT2D eigenvalue weighted by Gasteiger charge is -2.12. The first-order chi connectivity index (χ1) is 9.68. The van der Waals surface area contributed by atoms with Gasteiger partial charge in [0.2, 0.25) is 0 Å². The van der Waals surface area contributed by atoms with E-state index in [2.05, 4.69) is 15.9 Å². The van der Waals surface area contributed by atoms with Crippen LogP contribution in [0.2, 0.25) is 0 Å². The smallest absolute Gasteiger partial charge is 0.311 e. The number of allylic oxidation sites excluding steroid dienone is 1. The van der Waals surface area contributed by atoms with E-state index in [-0.39, 0.29) is 0 Å². The van der Waals surface area contributed by atoms with Gasteiger partial charge in [0.25, 0.3) is 0 Å². The van der Waals surface area contributed by atoms with Gasteiger partial charge in [0, 0.05) is 4.47 Å². The Hall–Kier alpha value is -1.87. The molecule has 0 spiro atoms. The average molecular weight is 331 g/mol. The largest absolute Gasteiger partial charge is 0.481 e. The fraction of sp³-hybridized carbons (Fsp3) is 0.118. The van der Waals surface area contributed by atoms with Gasteiger partial charge >= 0.3 is 5.97 Å². The van der Waals surface area contributed by atoms with Crippen LogP contribution in [0.5, 0.6) is 0 Å². The molecule has 0 radical (unpaired) electrons. The number of carboxylic acids is 1. The lowest BCUT2D eigenvalue weighted by molar-refractivity contribution is -0.138. The van der Waals surface area contributed by atoms with Crippen molar-refractivity contribution >= 4 is 28.0 Å². The summed E-state index contributed by atoms with van der Waals surface area (Å²) in [6.45, 7) is 0. The van der Waals surface area contributed by atoms with E-state index < -0.39 is 11.9 Å². The maximum Gasteiger partial charge on any atom is 0.311 e. The van der Waals surface area contributed by atoms with E-state index in [1.165, 1.54) is 0 Å². The lowest BCUT2D eigenvalue weighted by Crippen LogP contribution is -2.11. The van der Waals surface area contributed by atoms with Gasteiger partial charge in [0.1, 0.15) is 0 Å². The molecule has 0 saturated heterocycles. The van der Waals surface area contributed by atoms with Gasteiger partial charge in [-0.1, -0.05) is 76.6 Å². The van der Waals surface area contributed by atoms with Crippen molar-refractivity contribution in [2.45, 2.75) is 12.3 Å². The molecule has 1 N–H and O–H groups in total. The van der Waals surface area contributed by atoms with E-state index in [1.807, 2.05) is 66.7 Å². The van der Waals surface area contributed by atoms with Gasteiger partial charge < -0.3 is 5.11 Å². The summed E-state index contributed by atoms with van der Waals surface area (Å²) in [5.74, 6) is -1.35. The van der Waals surface area contributed by atoms with Crippen LogP contribution in [0.3, 0.4) is 0 Å². The molecule has 0 fully saturated rings. The third kappa shape index (κ3) is 3.81. The molecule has 102 valence electrons. The highest BCUT2D eigenvalue weighted by Crippen LogP contribution is 2.28. The van der Waals surface area contributed by atoms with Crippen LogP contribution in [0, 0.1) is 0 Å². The molecule has 0 bridgehead atoms. The van der Waals surface area contributed by atoms with E-state index in [0.29, 0.717) is 6.42 Å². The SMILES string of the molecule is O=C(O)C(CC=Cc1ccccc1)c1ccccc1Br. The van der Waals surface area contributed by atoms with Crippen LogP contribution in [0.15, 0.2) is 65.1 Å². The van der Waals surface area contributed by atoms with Crippen molar-refractivity contribution in [2.24, 2.45) is 0 Å². The Balaban J connectivity index is 2.14. The number of halogens is 1. The number of carboxylic acid groups (broad SMARTS) is 1. The molecule has 2 aromatic rings. The molecule has 20 heavy (non-hydrogen) atoms. The van der Waals surface area contributed by atoms with Crippen molar-refractivity contribution in [3.05, 3.63) is 76.3 Å². The Bertz CT molecular complexity index is 605. The average Bonchev–Trinajstić information content (AvgIpc) is 2.45. The highest BCUT2D eigenvalue weighted by atomic mass is 79.9. The molecule has 2 rings (SSSR count). The van der Waals surface area contributed by atoms with Gasteiger partial charge in [-0.25, -0.2) is 0 Å². The zero-order valence-electron chi connectivity index (χ0n) is 10.9. The van der Waals surface area contributed by atoms with Crippen LogP contribution in [-0.4, -0.2) is 11.1 Å². The van der Waals surface area contributed by atoms with Crippen molar-refractivity contribution in [1.82, 2.24) is 0 Å². The third-order valence-corrected chi connectivity index (χ3v) is 3.78. The lowest BCUT2D eigenvalue weighted by atomic mass is 9.95. The van der Waals surface area contributed by atoms with E-state index in [9.17, 15) is 9.90 Å². The molecular weight excluding hydrogens is 316 g/mol. The molecule has 0 heterocycles. The molecule has 1 atom stereocenters. The summed E-state index contributed by atoms with van der Waals surface area (Å²) in [4.78, 5) is 11.4. The van der Waals surface area contributed by atoms with Gasteiger partial charge in [-0.15, -0.1) is 0 Å². The van der Waals surface area contributed by atoms with Crippen molar-refractivity contribution in [3.8, 4) is 0 Å². The van der Waals surface area contributed by atoms with Gasteiger partial charge in [0.15, 0.2) is 0 Å². The van der Waals surface area contributed by atoms with E-state index >= 15 is 0 Å². The highest BCUT2D eigenvalue weighted by molar-refractivity contribution is 9.10. The number of carbonyl (C=O) groups is 1. The summed E-state index contributed by atoms with van der Waals surface area (Å²) in [5.41, 5.74) is 1.88. The Labute approximate surface area is 126 Å². The van der Waals surface area contributed by atoms with Crippen LogP contribution in [0.4, 0.5) is 0 Å². The minimum absolute atomic E-state index is 0.465. The summed E-state index contributed by atoms with van der Waals surface area (Å²) in [5, 5.41) is 9.39. The molecule has 0 saturated carbocycles. The topological polar surface area (TPSA) is 37.3 Å². The Morgan fingerprint density at radius 3 is 2.40 bits per heavy atom. The standard InChI is InChI=1S/C17H15BrO2/c18-16-12-5-4-10-14(16)15(17(19)20)11-6-9-13-7-2-1-3-8-13/h1-10,12,15H,11H2,(H,19,20). The summed E-state index contributed by atoms with van der Waals surface area (Å²) < 4.78 is 0.834. The first-order valence-corrected chi connectivity index (χ1v) is 7.16. The summed E-state index contributed by atoms with van der Waals surface area (Å²) in [6.07, 6.45) is 4.33. The molecule has 0 aliphatic rings. The minimum Gasteiger partial charge on any atom is -0.481 e. The molecule has 0 amide bonds. The second-order valence-electron chi connectivity index (χ2n) is 4.46. The Morgan fingerprint density at radius 1 is 1.10 bits per heavy atom. The van der Waals surface area contributed by atoms with Crippen molar-refractivity contribution in [2.75, 3.05) is 0 Å². The summed E-state index contributed by atoms with van der Waals surface area (Å²) in [6, 6.07) is 17.3. The predicted octanol–water partition coefficient (Wildman–Crippen LogP) is 4.72. The summed E-state index contributed by atoms with van der Waals surface area (Å²) >= 11 is 3.41. The molecule has 0 aliphatic heterocycles. The maximum atomic E-state index is 11.4. The second kappa shape index (κ2) is 7.06. The number of aliphatic carboxylic acids is 1. The monoisotopic (exact) mass is 330 g/mol. The molecular formula is C17H15BrO2. The molecule has 2 aromatic carbocycles. The Morgan fingerprint density at radius 2 is 1.75 bits per heavy atom. The summed E-state index contributed by atoms with van der Waals surface area (Å²) in [7, 11) is 0. The van der Waals surface area contributed by atoms with Crippen LogP contribution in [-0.2, 0) is 4.79 Å². The van der Waals surface area contributed by atoms with Gasteiger partial charge in [-0.2, -0.15) is 0 Å². The number of benzene rings is 2. The van der Waals surface area contributed by atoms with Crippen LogP contribution >= 0.6 is 15.9 Å². The molecule has 3 heteroatoms. The maximum absolute atomic E-state index is 11.4. The highest BCUT2D eigenvalue weighted by Gasteiger charge is 2.20. The zero-order chi connectivity index (χ0) is 14.4. The van der Waals surface area contributed by atoms with Crippen molar-refractivity contribution in [1.29, 1.82) is 0 Å². The van der Waals surface area contributed by atoms with Gasteiger partial charge in [-0.3, -0.25) is 4.79 Å². The van der Waals surface area contributed by atoms with E-state index in [1.54, 1.807) is 0 Å². The van der Waals surface area contributed by atoms with Crippen LogP contribution in [0.25, 0.3) is 6.08 Å². The predicted molar refractivity (Wildman–Crippen MR) is 84.6 cm³/mol. The third-order valence-electron chi connectivity index (χ3n) is 3.06. The van der Waals surface area contributed by atoms with Crippen LogP contribution < -0.4 is 0 Å². The number of hydrogen-bond donors (Lipinski definition) is 1. The number of hydrogen-bond acceptors (Lipinski definition) is 1.